The predicted octanol–water partition coefficient (Wildman–Crippen LogP) is 1.39. The van der Waals surface area contributed by atoms with Crippen molar-refractivity contribution in [2.24, 2.45) is 5.92 Å². The van der Waals surface area contributed by atoms with Crippen molar-refractivity contribution in [1.29, 1.82) is 0 Å². The Hall–Kier alpha value is -3.30. The third-order valence-electron chi connectivity index (χ3n) is 5.75. The molecule has 4 heterocycles. The zero-order chi connectivity index (χ0) is 22.3. The Balaban J connectivity index is 1.57. The summed E-state index contributed by atoms with van der Waals surface area (Å²) in [7, 11) is 1.71. The monoisotopic (exact) mass is 428 g/mol. The molecule has 0 unspecified atom stereocenters. The maximum Gasteiger partial charge on any atom is 0.317 e. The van der Waals surface area contributed by atoms with E-state index in [0.717, 1.165) is 5.76 Å². The Morgan fingerprint density at radius 3 is 2.71 bits per heavy atom. The van der Waals surface area contributed by atoms with Gasteiger partial charge in [0.15, 0.2) is 5.69 Å². The number of aryl methyl sites for hydroxylation is 1. The minimum Gasteiger partial charge on any atom is -0.465 e. The summed E-state index contributed by atoms with van der Waals surface area (Å²) in [5, 5.41) is 5.70. The van der Waals surface area contributed by atoms with Crippen LogP contribution in [0.25, 0.3) is 0 Å². The number of nitrogens with one attached hydrogen (secondary N) is 2. The summed E-state index contributed by atoms with van der Waals surface area (Å²) >= 11 is 0. The van der Waals surface area contributed by atoms with Crippen molar-refractivity contribution in [3.8, 4) is 0 Å². The smallest absolute Gasteiger partial charge is 0.317 e. The van der Waals surface area contributed by atoms with Crippen molar-refractivity contribution in [1.82, 2.24) is 30.0 Å². The molecule has 2 aliphatic heterocycles. The molecule has 0 bridgehead atoms. The molecule has 31 heavy (non-hydrogen) atoms. The minimum absolute atomic E-state index is 0.0409. The van der Waals surface area contributed by atoms with Crippen LogP contribution in [0.3, 0.4) is 0 Å². The molecule has 0 saturated carbocycles. The van der Waals surface area contributed by atoms with Crippen molar-refractivity contribution in [3.05, 3.63) is 41.4 Å². The molecule has 0 aliphatic carbocycles. The number of fused-ring (bicyclic) bond motifs is 3. The second kappa shape index (κ2) is 8.09. The first-order chi connectivity index (χ1) is 14.7. The van der Waals surface area contributed by atoms with Crippen LogP contribution in [0.5, 0.6) is 0 Å². The van der Waals surface area contributed by atoms with Gasteiger partial charge in [-0.1, -0.05) is 0 Å². The second-order valence-electron chi connectivity index (χ2n) is 8.57. The molecular weight excluding hydrogens is 400 g/mol. The molecule has 0 aromatic carbocycles. The molecule has 0 radical (unpaired) electrons. The number of likely N-dealkylation sites (tertiary alicyclic amines) is 1. The van der Waals surface area contributed by atoms with Crippen molar-refractivity contribution >= 4 is 17.8 Å². The van der Waals surface area contributed by atoms with E-state index in [4.69, 9.17) is 4.42 Å². The second-order valence-corrected chi connectivity index (χ2v) is 8.57. The SMILES string of the molecule is Cc1ccc(CNC(=O)c2ncn3c2C(=O)N(C)C[C@@H]2CN(C(=O)NC(C)C)C[C@H]23)o1. The lowest BCUT2D eigenvalue weighted by Gasteiger charge is -2.21. The standard InChI is InChI=1S/C21H28N6O4/c1-12(2)24-21(30)26-9-14-8-25(4)20(29)18-17(23-11-27(18)16(14)10-26)19(28)22-7-15-6-5-13(3)31-15/h5-6,11-12,14,16H,7-10H2,1-4H3,(H,22,28)(H,24,30)/t14-,16-/m1/s1. The molecule has 2 aromatic rings. The highest BCUT2D eigenvalue weighted by atomic mass is 16.3. The average Bonchev–Trinajstić information content (AvgIpc) is 3.41. The molecule has 2 N–H and O–H groups in total. The van der Waals surface area contributed by atoms with Crippen LogP contribution in [0.1, 0.15) is 52.4 Å². The zero-order valence-electron chi connectivity index (χ0n) is 18.2. The molecule has 1 saturated heterocycles. The Morgan fingerprint density at radius 1 is 1.26 bits per heavy atom. The van der Waals surface area contributed by atoms with Gasteiger partial charge in [0, 0.05) is 38.6 Å². The van der Waals surface area contributed by atoms with Gasteiger partial charge in [0.2, 0.25) is 0 Å². The Labute approximate surface area is 180 Å². The molecule has 2 aromatic heterocycles. The first kappa shape index (κ1) is 21.0. The summed E-state index contributed by atoms with van der Waals surface area (Å²) in [6.07, 6.45) is 1.54. The van der Waals surface area contributed by atoms with Crippen molar-refractivity contribution in [2.45, 2.75) is 39.4 Å². The van der Waals surface area contributed by atoms with E-state index in [-0.39, 0.29) is 47.9 Å². The van der Waals surface area contributed by atoms with Crippen LogP contribution in [0.4, 0.5) is 4.79 Å². The third kappa shape index (κ3) is 4.01. The fourth-order valence-corrected chi connectivity index (χ4v) is 4.29. The molecule has 1 fully saturated rings. The normalized spacial score (nSPS) is 20.5. The number of urea groups is 1. The highest BCUT2D eigenvalue weighted by Crippen LogP contribution is 2.33. The number of carbonyl (C=O) groups is 3. The van der Waals surface area contributed by atoms with Gasteiger partial charge in [-0.25, -0.2) is 9.78 Å². The van der Waals surface area contributed by atoms with Crippen LogP contribution in [-0.4, -0.2) is 69.9 Å². The van der Waals surface area contributed by atoms with Crippen LogP contribution in [0.15, 0.2) is 22.9 Å². The van der Waals surface area contributed by atoms with Gasteiger partial charge in [-0.15, -0.1) is 0 Å². The quantitative estimate of drug-likeness (QED) is 0.764. The summed E-state index contributed by atoms with van der Waals surface area (Å²) < 4.78 is 7.25. The van der Waals surface area contributed by atoms with Crippen molar-refractivity contribution in [3.63, 3.8) is 0 Å². The summed E-state index contributed by atoms with van der Waals surface area (Å²) in [5.41, 5.74) is 0.347. The van der Waals surface area contributed by atoms with Gasteiger partial charge < -0.3 is 29.4 Å². The number of hydrogen-bond donors (Lipinski definition) is 2. The molecule has 4 rings (SSSR count). The van der Waals surface area contributed by atoms with Crippen LogP contribution >= 0.6 is 0 Å². The van der Waals surface area contributed by atoms with Crippen molar-refractivity contribution < 1.29 is 18.8 Å². The number of imidazole rings is 1. The van der Waals surface area contributed by atoms with Crippen LogP contribution < -0.4 is 10.6 Å². The molecule has 10 heteroatoms. The Morgan fingerprint density at radius 2 is 2.03 bits per heavy atom. The highest BCUT2D eigenvalue weighted by Gasteiger charge is 2.43. The molecule has 166 valence electrons. The number of amides is 4. The van der Waals surface area contributed by atoms with E-state index in [1.54, 1.807) is 33.8 Å². The first-order valence-electron chi connectivity index (χ1n) is 10.5. The van der Waals surface area contributed by atoms with Gasteiger partial charge in [-0.3, -0.25) is 9.59 Å². The molecule has 4 amide bonds. The molecule has 10 nitrogen and oxygen atoms in total. The van der Waals surface area contributed by atoms with Gasteiger partial charge in [0.1, 0.15) is 17.2 Å². The van der Waals surface area contributed by atoms with E-state index < -0.39 is 5.91 Å². The number of aromatic nitrogens is 2. The van der Waals surface area contributed by atoms with Crippen LogP contribution in [0.2, 0.25) is 0 Å². The number of rotatable bonds is 4. The van der Waals surface area contributed by atoms with Gasteiger partial charge >= 0.3 is 6.03 Å². The van der Waals surface area contributed by atoms with E-state index in [9.17, 15) is 14.4 Å². The topological polar surface area (TPSA) is 113 Å². The number of furan rings is 1. The molecule has 2 atom stereocenters. The highest BCUT2D eigenvalue weighted by molar-refractivity contribution is 6.05. The number of hydrogen-bond acceptors (Lipinski definition) is 5. The molecule has 2 aliphatic rings. The lowest BCUT2D eigenvalue weighted by molar-refractivity contribution is 0.0773. The third-order valence-corrected chi connectivity index (χ3v) is 5.75. The zero-order valence-corrected chi connectivity index (χ0v) is 18.2. The van der Waals surface area contributed by atoms with Gasteiger partial charge in [-0.2, -0.15) is 0 Å². The van der Waals surface area contributed by atoms with Crippen LogP contribution in [-0.2, 0) is 6.54 Å². The van der Waals surface area contributed by atoms with E-state index in [0.29, 0.717) is 25.4 Å². The molecule has 0 spiro atoms. The van der Waals surface area contributed by atoms with E-state index in [1.165, 1.54) is 0 Å². The van der Waals surface area contributed by atoms with E-state index in [2.05, 4.69) is 15.6 Å². The minimum atomic E-state index is -0.435. The van der Waals surface area contributed by atoms with Crippen molar-refractivity contribution in [2.75, 3.05) is 26.7 Å². The average molecular weight is 428 g/mol. The fraction of sp³-hybridized carbons (Fsp3) is 0.524. The largest absolute Gasteiger partial charge is 0.465 e. The number of carbonyl (C=O) groups excluding carboxylic acids is 3. The maximum atomic E-state index is 13.1. The van der Waals surface area contributed by atoms with Crippen LogP contribution in [0, 0.1) is 12.8 Å². The fourth-order valence-electron chi connectivity index (χ4n) is 4.29. The van der Waals surface area contributed by atoms with E-state index >= 15 is 0 Å². The first-order valence-corrected chi connectivity index (χ1v) is 10.5. The summed E-state index contributed by atoms with van der Waals surface area (Å²) in [5.74, 6) is 0.765. The summed E-state index contributed by atoms with van der Waals surface area (Å²) in [6.45, 7) is 7.38. The predicted molar refractivity (Wildman–Crippen MR) is 112 cm³/mol. The lowest BCUT2D eigenvalue weighted by Crippen LogP contribution is -2.42. The molecular formula is C21H28N6O4. The van der Waals surface area contributed by atoms with Gasteiger partial charge in [0.25, 0.3) is 11.8 Å². The Bertz CT molecular complexity index is 1010. The maximum absolute atomic E-state index is 13.1. The van der Waals surface area contributed by atoms with Gasteiger partial charge in [-0.05, 0) is 32.9 Å². The number of nitrogens with zero attached hydrogens (tertiary/aromatic N) is 4. The van der Waals surface area contributed by atoms with E-state index in [1.807, 2.05) is 26.8 Å². The summed E-state index contributed by atoms with van der Waals surface area (Å²) in [4.78, 5) is 46.1. The summed E-state index contributed by atoms with van der Waals surface area (Å²) in [6, 6.07) is 3.42. The Kier molecular flexibility index (Phi) is 5.47. The van der Waals surface area contributed by atoms with Gasteiger partial charge in [0.05, 0.1) is 18.9 Å². The lowest BCUT2D eigenvalue weighted by atomic mass is 10.0.